The van der Waals surface area contributed by atoms with Gasteiger partial charge < -0.3 is 20.1 Å². The third-order valence-corrected chi connectivity index (χ3v) is 4.52. The third-order valence-electron chi connectivity index (χ3n) is 4.52. The van der Waals surface area contributed by atoms with Gasteiger partial charge in [0.2, 0.25) is 5.91 Å². The summed E-state index contributed by atoms with van der Waals surface area (Å²) in [4.78, 5) is 42.2. The van der Waals surface area contributed by atoms with Crippen molar-refractivity contribution in [2.75, 3.05) is 30.5 Å². The number of halogens is 3. The highest BCUT2D eigenvalue weighted by molar-refractivity contribution is 6.13. The minimum atomic E-state index is -4.82. The van der Waals surface area contributed by atoms with Gasteiger partial charge in [0.25, 0.3) is 0 Å². The molecule has 2 heterocycles. The number of ether oxygens (including phenoxy) is 2. The highest BCUT2D eigenvalue weighted by Crippen LogP contribution is 2.31. The molecule has 0 saturated carbocycles. The molecular formula is C20H19F3N4O5. The molecule has 1 aliphatic rings. The Balaban J connectivity index is 1.84. The molecule has 0 fully saturated rings. The number of anilines is 2. The van der Waals surface area contributed by atoms with Gasteiger partial charge in [0.15, 0.2) is 11.6 Å². The van der Waals surface area contributed by atoms with E-state index in [-0.39, 0.29) is 36.0 Å². The molecule has 2 aromatic rings. The van der Waals surface area contributed by atoms with E-state index < -0.39 is 30.1 Å². The van der Waals surface area contributed by atoms with Crippen molar-refractivity contribution in [2.45, 2.75) is 19.3 Å². The molecule has 2 N–H and O–H groups in total. The van der Waals surface area contributed by atoms with Gasteiger partial charge in [0, 0.05) is 18.9 Å². The van der Waals surface area contributed by atoms with Gasteiger partial charge >= 0.3 is 12.4 Å². The second-order valence-electron chi connectivity index (χ2n) is 6.82. The number of carbonyl (C=O) groups excluding carboxylic acids is 3. The lowest BCUT2D eigenvalue weighted by Crippen LogP contribution is -2.49. The van der Waals surface area contributed by atoms with Gasteiger partial charge in [-0.2, -0.15) is 0 Å². The SMILES string of the molecule is COCC(NC(=O)N1CC(=O)Nc2c(C(C)=O)ccnc21)c1ccc(OC(F)(F)F)cc1. The Morgan fingerprint density at radius 1 is 1.25 bits per heavy atom. The third kappa shape index (κ3) is 5.32. The molecule has 3 rings (SSSR count). The summed E-state index contributed by atoms with van der Waals surface area (Å²) in [6.45, 7) is 0.978. The largest absolute Gasteiger partial charge is 0.573 e. The molecule has 0 bridgehead atoms. The van der Waals surface area contributed by atoms with E-state index in [0.717, 1.165) is 17.0 Å². The van der Waals surface area contributed by atoms with Gasteiger partial charge in [-0.3, -0.25) is 14.5 Å². The van der Waals surface area contributed by atoms with Crippen molar-refractivity contribution in [3.05, 3.63) is 47.7 Å². The molecule has 0 aliphatic carbocycles. The molecule has 32 heavy (non-hydrogen) atoms. The monoisotopic (exact) mass is 452 g/mol. The molecular weight excluding hydrogens is 433 g/mol. The zero-order chi connectivity index (χ0) is 23.5. The van der Waals surface area contributed by atoms with Gasteiger partial charge in [0.1, 0.15) is 12.3 Å². The molecule has 0 saturated heterocycles. The van der Waals surface area contributed by atoms with Crippen molar-refractivity contribution in [3.8, 4) is 5.75 Å². The van der Waals surface area contributed by atoms with Gasteiger partial charge in [-0.1, -0.05) is 12.1 Å². The van der Waals surface area contributed by atoms with Crippen LogP contribution in [0.5, 0.6) is 5.75 Å². The second kappa shape index (κ2) is 9.22. The van der Waals surface area contributed by atoms with Crippen molar-refractivity contribution in [2.24, 2.45) is 0 Å². The normalized spacial score (nSPS) is 14.3. The fourth-order valence-corrected chi connectivity index (χ4v) is 3.15. The summed E-state index contributed by atoms with van der Waals surface area (Å²) in [5.41, 5.74) is 0.778. The van der Waals surface area contributed by atoms with Crippen LogP contribution in [0.1, 0.15) is 28.9 Å². The smallest absolute Gasteiger partial charge is 0.406 e. The zero-order valence-corrected chi connectivity index (χ0v) is 17.0. The number of hydrogen-bond donors (Lipinski definition) is 2. The van der Waals surface area contributed by atoms with E-state index in [0.29, 0.717) is 5.56 Å². The molecule has 3 amide bonds. The number of benzene rings is 1. The first-order valence-corrected chi connectivity index (χ1v) is 9.31. The fraction of sp³-hybridized carbons (Fsp3) is 0.300. The Morgan fingerprint density at radius 3 is 2.53 bits per heavy atom. The van der Waals surface area contributed by atoms with E-state index in [1.54, 1.807) is 0 Å². The summed E-state index contributed by atoms with van der Waals surface area (Å²) in [6, 6.07) is 4.91. The lowest BCUT2D eigenvalue weighted by molar-refractivity contribution is -0.274. The molecule has 12 heteroatoms. The number of nitrogens with zero attached hydrogens (tertiary/aromatic N) is 2. The van der Waals surface area contributed by atoms with Crippen molar-refractivity contribution in [1.29, 1.82) is 0 Å². The van der Waals surface area contributed by atoms with E-state index in [1.165, 1.54) is 38.4 Å². The molecule has 0 spiro atoms. The predicted molar refractivity (Wildman–Crippen MR) is 106 cm³/mol. The average molecular weight is 452 g/mol. The molecule has 0 radical (unpaired) electrons. The number of urea groups is 1. The van der Waals surface area contributed by atoms with Crippen LogP contribution in [0.2, 0.25) is 0 Å². The van der Waals surface area contributed by atoms with Crippen molar-refractivity contribution >= 4 is 29.2 Å². The highest BCUT2D eigenvalue weighted by atomic mass is 19.4. The van der Waals surface area contributed by atoms with Crippen LogP contribution in [0, 0.1) is 0 Å². The number of aromatic nitrogens is 1. The van der Waals surface area contributed by atoms with Crippen LogP contribution >= 0.6 is 0 Å². The highest BCUT2D eigenvalue weighted by Gasteiger charge is 2.33. The Hall–Kier alpha value is -3.67. The van der Waals surface area contributed by atoms with Crippen LogP contribution in [0.15, 0.2) is 36.5 Å². The molecule has 1 aromatic heterocycles. The van der Waals surface area contributed by atoms with Gasteiger partial charge in [-0.25, -0.2) is 9.78 Å². The average Bonchev–Trinajstić information content (AvgIpc) is 2.71. The minimum absolute atomic E-state index is 0.000970. The molecule has 1 unspecified atom stereocenters. The predicted octanol–water partition coefficient (Wildman–Crippen LogP) is 3.04. The Kier molecular flexibility index (Phi) is 6.63. The summed E-state index contributed by atoms with van der Waals surface area (Å²) < 4.78 is 46.1. The topological polar surface area (TPSA) is 110 Å². The number of ketones is 1. The Bertz CT molecular complexity index is 1030. The number of carbonyl (C=O) groups is 3. The number of rotatable bonds is 6. The van der Waals surface area contributed by atoms with Crippen LogP contribution < -0.4 is 20.3 Å². The summed E-state index contributed by atoms with van der Waals surface area (Å²) in [5, 5.41) is 5.23. The fourth-order valence-electron chi connectivity index (χ4n) is 3.15. The lowest BCUT2D eigenvalue weighted by Gasteiger charge is -2.30. The maximum absolute atomic E-state index is 13.0. The number of alkyl halides is 3. The lowest BCUT2D eigenvalue weighted by atomic mass is 10.1. The Labute approximate surface area is 180 Å². The first-order chi connectivity index (χ1) is 15.1. The Morgan fingerprint density at radius 2 is 1.94 bits per heavy atom. The first-order valence-electron chi connectivity index (χ1n) is 9.31. The molecule has 1 aromatic carbocycles. The summed E-state index contributed by atoms with van der Waals surface area (Å²) in [5.74, 6) is -1.14. The van der Waals surface area contributed by atoms with E-state index in [9.17, 15) is 27.6 Å². The number of methoxy groups -OCH3 is 1. The first kappa shape index (κ1) is 23.0. The number of nitrogens with one attached hydrogen (secondary N) is 2. The van der Waals surface area contributed by atoms with Crippen LogP contribution in [-0.4, -0.2) is 49.3 Å². The van der Waals surface area contributed by atoms with Crippen molar-refractivity contribution in [1.82, 2.24) is 10.3 Å². The van der Waals surface area contributed by atoms with Crippen LogP contribution in [0.3, 0.4) is 0 Å². The number of hydrogen-bond acceptors (Lipinski definition) is 6. The zero-order valence-electron chi connectivity index (χ0n) is 17.0. The number of fused-ring (bicyclic) bond motifs is 1. The number of Topliss-reactive ketones (excluding diaryl/α,β-unsaturated/α-hetero) is 1. The maximum Gasteiger partial charge on any atom is 0.573 e. The number of pyridine rings is 1. The standard InChI is InChI=1S/C20H19F3N4O5/c1-11(28)14-7-8-24-18-17(14)26-16(29)9-27(18)19(30)25-15(10-31-2)12-3-5-13(6-4-12)32-20(21,22)23/h3-8,15H,9-10H2,1-2H3,(H,25,30)(H,26,29). The summed E-state index contributed by atoms with van der Waals surface area (Å²) in [6.07, 6.45) is -3.48. The van der Waals surface area contributed by atoms with Crippen molar-refractivity contribution in [3.63, 3.8) is 0 Å². The molecule has 9 nitrogen and oxygen atoms in total. The van der Waals surface area contributed by atoms with Crippen molar-refractivity contribution < 1.29 is 37.0 Å². The van der Waals surface area contributed by atoms with E-state index in [2.05, 4.69) is 20.4 Å². The van der Waals surface area contributed by atoms with E-state index in [1.807, 2.05) is 0 Å². The maximum atomic E-state index is 13.0. The second-order valence-corrected chi connectivity index (χ2v) is 6.82. The molecule has 170 valence electrons. The van der Waals surface area contributed by atoms with Crippen LogP contribution in [0.25, 0.3) is 0 Å². The summed E-state index contributed by atoms with van der Waals surface area (Å²) >= 11 is 0. The van der Waals surface area contributed by atoms with Gasteiger partial charge in [-0.05, 0) is 30.7 Å². The van der Waals surface area contributed by atoms with Crippen LogP contribution in [-0.2, 0) is 9.53 Å². The summed E-state index contributed by atoms with van der Waals surface area (Å²) in [7, 11) is 1.39. The number of amides is 3. The van der Waals surface area contributed by atoms with Gasteiger partial charge in [0.05, 0.1) is 18.3 Å². The van der Waals surface area contributed by atoms with E-state index in [4.69, 9.17) is 4.74 Å². The minimum Gasteiger partial charge on any atom is -0.406 e. The molecule has 1 aliphatic heterocycles. The molecule has 1 atom stereocenters. The van der Waals surface area contributed by atoms with Crippen LogP contribution in [0.4, 0.5) is 29.5 Å². The quantitative estimate of drug-likeness (QED) is 0.652. The van der Waals surface area contributed by atoms with Gasteiger partial charge in [-0.15, -0.1) is 13.2 Å². The van der Waals surface area contributed by atoms with E-state index >= 15 is 0 Å².